The summed E-state index contributed by atoms with van der Waals surface area (Å²) in [4.78, 5) is 37.6. The summed E-state index contributed by atoms with van der Waals surface area (Å²) in [6.07, 6.45) is -5.97. The molecular formula is C22H14F7NO5. The quantitative estimate of drug-likeness (QED) is 0.267. The number of methoxy groups -OCH3 is 2. The minimum Gasteiger partial charge on any atom is -0.465 e. The van der Waals surface area contributed by atoms with Gasteiger partial charge in [-0.1, -0.05) is 30.3 Å². The second-order valence-corrected chi connectivity index (χ2v) is 7.09. The molecule has 6 nitrogen and oxygen atoms in total. The van der Waals surface area contributed by atoms with Gasteiger partial charge in [0, 0.05) is 11.8 Å². The molecule has 0 aliphatic heterocycles. The van der Waals surface area contributed by atoms with Crippen molar-refractivity contribution >= 4 is 23.2 Å². The predicted molar refractivity (Wildman–Crippen MR) is 105 cm³/mol. The van der Waals surface area contributed by atoms with E-state index in [-0.39, 0.29) is 11.1 Å². The number of nitrogens with zero attached hydrogens (tertiary/aromatic N) is 1. The molecule has 0 N–H and O–H groups in total. The third kappa shape index (κ3) is 4.00. The molecule has 0 fully saturated rings. The van der Waals surface area contributed by atoms with Gasteiger partial charge in [0.05, 0.1) is 36.4 Å². The van der Waals surface area contributed by atoms with Crippen molar-refractivity contribution in [3.63, 3.8) is 0 Å². The van der Waals surface area contributed by atoms with Crippen LogP contribution in [-0.4, -0.2) is 48.4 Å². The largest absolute Gasteiger partial charge is 0.465 e. The number of rotatable bonds is 6. The van der Waals surface area contributed by atoms with Gasteiger partial charge in [-0.2, -0.15) is 30.7 Å². The Labute approximate surface area is 191 Å². The molecule has 0 amide bonds. The van der Waals surface area contributed by atoms with E-state index in [0.29, 0.717) is 11.5 Å². The number of carbonyl (C=O) groups excluding carboxylic acids is 3. The molecule has 3 rings (SSSR count). The van der Waals surface area contributed by atoms with E-state index in [4.69, 9.17) is 0 Å². The van der Waals surface area contributed by atoms with Crippen molar-refractivity contribution in [1.82, 2.24) is 4.40 Å². The molecule has 0 saturated heterocycles. The summed E-state index contributed by atoms with van der Waals surface area (Å²) >= 11 is 0. The molecule has 0 aliphatic carbocycles. The zero-order valence-corrected chi connectivity index (χ0v) is 17.8. The average Bonchev–Trinajstić information content (AvgIpc) is 3.17. The molecule has 0 bridgehead atoms. The molecule has 1 aromatic carbocycles. The van der Waals surface area contributed by atoms with Gasteiger partial charge >= 0.3 is 30.0 Å². The van der Waals surface area contributed by atoms with Crippen LogP contribution in [0.4, 0.5) is 30.7 Å². The van der Waals surface area contributed by atoms with Crippen LogP contribution in [0.2, 0.25) is 0 Å². The van der Waals surface area contributed by atoms with Crippen LogP contribution in [0.1, 0.15) is 42.3 Å². The molecule has 13 heteroatoms. The summed E-state index contributed by atoms with van der Waals surface area (Å²) in [6.45, 7) is 0. The fourth-order valence-electron chi connectivity index (χ4n) is 3.40. The van der Waals surface area contributed by atoms with Crippen LogP contribution in [0.3, 0.4) is 0 Å². The van der Waals surface area contributed by atoms with E-state index in [0.717, 1.165) is 37.6 Å². The Morgan fingerprint density at radius 2 is 1.37 bits per heavy atom. The lowest BCUT2D eigenvalue weighted by Gasteiger charge is -2.29. The molecular weight excluding hydrogens is 491 g/mol. The minimum atomic E-state index is -6.76. The first-order valence-corrected chi connectivity index (χ1v) is 9.48. The lowest BCUT2D eigenvalue weighted by atomic mass is 9.93. The second kappa shape index (κ2) is 8.71. The number of ketones is 1. The molecule has 35 heavy (non-hydrogen) atoms. The summed E-state index contributed by atoms with van der Waals surface area (Å²) in [5.41, 5.74) is -6.50. The first-order valence-electron chi connectivity index (χ1n) is 9.48. The van der Waals surface area contributed by atoms with Gasteiger partial charge in [-0.05, 0) is 12.1 Å². The maximum atomic E-state index is 15.2. The van der Waals surface area contributed by atoms with E-state index in [2.05, 4.69) is 9.47 Å². The number of carbonyl (C=O) groups is 3. The summed E-state index contributed by atoms with van der Waals surface area (Å²) in [7, 11) is 1.62. The maximum absolute atomic E-state index is 15.2. The van der Waals surface area contributed by atoms with Crippen molar-refractivity contribution in [2.24, 2.45) is 0 Å². The summed E-state index contributed by atoms with van der Waals surface area (Å²) in [5.74, 6) is -17.0. The lowest BCUT2D eigenvalue weighted by Crippen LogP contribution is -2.51. The Morgan fingerprint density at radius 1 is 0.800 bits per heavy atom. The van der Waals surface area contributed by atoms with Crippen molar-refractivity contribution in [3.8, 4) is 0 Å². The van der Waals surface area contributed by atoms with E-state index in [9.17, 15) is 36.3 Å². The molecule has 0 spiro atoms. The lowest BCUT2D eigenvalue weighted by molar-refractivity contribution is -0.359. The van der Waals surface area contributed by atoms with Crippen LogP contribution in [0.15, 0.2) is 48.7 Å². The molecule has 2 heterocycles. The Bertz CT molecular complexity index is 1310. The predicted octanol–water partition coefficient (Wildman–Crippen LogP) is 5.03. The van der Waals surface area contributed by atoms with Gasteiger partial charge in [0.15, 0.2) is 0 Å². The van der Waals surface area contributed by atoms with Gasteiger partial charge in [0.1, 0.15) is 5.69 Å². The van der Waals surface area contributed by atoms with Gasteiger partial charge in [0.2, 0.25) is 5.78 Å². The highest BCUT2D eigenvalue weighted by Crippen LogP contribution is 2.54. The molecule has 0 atom stereocenters. The average molecular weight is 505 g/mol. The van der Waals surface area contributed by atoms with E-state index >= 15 is 8.78 Å². The minimum absolute atomic E-state index is 0.354. The van der Waals surface area contributed by atoms with E-state index in [1.807, 2.05) is 0 Å². The molecule has 186 valence electrons. The first kappa shape index (κ1) is 25.7. The van der Waals surface area contributed by atoms with Crippen molar-refractivity contribution < 1.29 is 54.6 Å². The van der Waals surface area contributed by atoms with E-state index in [1.54, 1.807) is 0 Å². The van der Waals surface area contributed by atoms with Crippen molar-refractivity contribution in [3.05, 3.63) is 76.6 Å². The fourth-order valence-corrected chi connectivity index (χ4v) is 3.40. The number of hydrogen-bond donors (Lipinski definition) is 0. The number of aromatic nitrogens is 1. The van der Waals surface area contributed by atoms with Crippen LogP contribution >= 0.6 is 0 Å². The first-order chi connectivity index (χ1) is 16.2. The van der Waals surface area contributed by atoms with Crippen LogP contribution in [-0.2, 0) is 15.4 Å². The van der Waals surface area contributed by atoms with Gasteiger partial charge in [-0.15, -0.1) is 0 Å². The highest BCUT2D eigenvalue weighted by Gasteiger charge is 2.75. The van der Waals surface area contributed by atoms with Crippen molar-refractivity contribution in [2.75, 3.05) is 14.2 Å². The monoisotopic (exact) mass is 505 g/mol. The molecule has 0 radical (unpaired) electrons. The normalized spacial score (nSPS) is 12.5. The molecule has 3 aromatic rings. The smallest absolute Gasteiger partial charge is 0.460 e. The number of ether oxygens (including phenoxy) is 2. The third-order valence-electron chi connectivity index (χ3n) is 5.06. The number of alkyl halides is 7. The number of hydrogen-bond acceptors (Lipinski definition) is 5. The molecule has 0 aliphatic rings. The summed E-state index contributed by atoms with van der Waals surface area (Å²) < 4.78 is 107. The molecule has 2 aromatic heterocycles. The topological polar surface area (TPSA) is 74.1 Å². The van der Waals surface area contributed by atoms with Gasteiger partial charge in [-0.3, -0.25) is 4.79 Å². The fraction of sp³-hybridized carbons (Fsp3) is 0.227. The Kier molecular flexibility index (Phi) is 6.40. The zero-order valence-electron chi connectivity index (χ0n) is 17.8. The number of esters is 2. The van der Waals surface area contributed by atoms with Crippen molar-refractivity contribution in [1.29, 1.82) is 0 Å². The molecule has 0 saturated carbocycles. The third-order valence-corrected chi connectivity index (χ3v) is 5.06. The van der Waals surface area contributed by atoms with Crippen LogP contribution in [0.25, 0.3) is 5.52 Å². The Balaban J connectivity index is 2.55. The summed E-state index contributed by atoms with van der Waals surface area (Å²) in [5, 5.41) is 0. The number of halogens is 7. The number of benzene rings is 1. The SMILES string of the molecule is COC(=O)c1ccn2c(C(=O)c3ccccc3)c(C(F)(F)C(F)(F)C(F)(F)F)c(C(=O)OC)c2c1. The second-order valence-electron chi connectivity index (χ2n) is 7.09. The van der Waals surface area contributed by atoms with Gasteiger partial charge < -0.3 is 13.9 Å². The molecule has 0 unspecified atom stereocenters. The van der Waals surface area contributed by atoms with E-state index < -0.39 is 58.1 Å². The van der Waals surface area contributed by atoms with Gasteiger partial charge in [-0.25, -0.2) is 9.59 Å². The Morgan fingerprint density at radius 3 is 1.89 bits per heavy atom. The highest BCUT2D eigenvalue weighted by atomic mass is 19.4. The standard InChI is InChI=1S/C22H14F7NO5/c1-34-18(32)12-8-9-30-13(10-12)14(19(33)35-2)15(20(23,24)21(25,26)22(27,28)29)16(30)17(31)11-6-4-3-5-7-11/h3-10H,1-2H3. The Hall–Kier alpha value is -3.90. The van der Waals surface area contributed by atoms with Crippen LogP contribution < -0.4 is 0 Å². The van der Waals surface area contributed by atoms with Crippen molar-refractivity contribution in [2.45, 2.75) is 18.0 Å². The highest BCUT2D eigenvalue weighted by molar-refractivity contribution is 6.13. The number of fused-ring (bicyclic) bond motifs is 1. The summed E-state index contributed by atoms with van der Waals surface area (Å²) in [6, 6.07) is 7.89. The van der Waals surface area contributed by atoms with Crippen LogP contribution in [0, 0.1) is 0 Å². The van der Waals surface area contributed by atoms with E-state index in [1.165, 1.54) is 18.2 Å². The zero-order chi connectivity index (χ0) is 26.3. The number of pyridine rings is 1. The maximum Gasteiger partial charge on any atom is 0.460 e. The van der Waals surface area contributed by atoms with Crippen LogP contribution in [0.5, 0.6) is 0 Å². The van der Waals surface area contributed by atoms with Gasteiger partial charge in [0.25, 0.3) is 0 Å².